The molecule has 136 valence electrons. The second kappa shape index (κ2) is 6.39. The predicted octanol–water partition coefficient (Wildman–Crippen LogP) is 1.88. The van der Waals surface area contributed by atoms with Crippen LogP contribution in [0.2, 0.25) is 0 Å². The van der Waals surface area contributed by atoms with Crippen molar-refractivity contribution < 1.29 is 0 Å². The Morgan fingerprint density at radius 2 is 1.67 bits per heavy atom. The van der Waals surface area contributed by atoms with Crippen LogP contribution in [-0.4, -0.2) is 55.5 Å². The summed E-state index contributed by atoms with van der Waals surface area (Å²) in [7, 11) is 2.01. The van der Waals surface area contributed by atoms with Gasteiger partial charge in [0.2, 0.25) is 0 Å². The quantitative estimate of drug-likeness (QED) is 0.556. The average molecular weight is 360 g/mol. The van der Waals surface area contributed by atoms with E-state index < -0.39 is 0 Å². The highest BCUT2D eigenvalue weighted by Gasteiger charge is 2.21. The third-order valence-corrected chi connectivity index (χ3v) is 5.00. The maximum Gasteiger partial charge on any atom is 0.155 e. The Kier molecular flexibility index (Phi) is 3.74. The molecule has 1 aliphatic heterocycles. The molecule has 4 aromatic rings. The minimum Gasteiger partial charge on any atom is -0.353 e. The zero-order valence-electron chi connectivity index (χ0n) is 15.1. The van der Waals surface area contributed by atoms with Crippen LogP contribution in [0.25, 0.3) is 16.9 Å². The first-order chi connectivity index (χ1) is 13.3. The fourth-order valence-electron chi connectivity index (χ4n) is 3.58. The van der Waals surface area contributed by atoms with Gasteiger partial charge in [0, 0.05) is 51.8 Å². The molecule has 5 rings (SSSR count). The van der Waals surface area contributed by atoms with Gasteiger partial charge in [-0.05, 0) is 24.3 Å². The number of anilines is 2. The van der Waals surface area contributed by atoms with Crippen LogP contribution in [0.5, 0.6) is 0 Å². The summed E-state index contributed by atoms with van der Waals surface area (Å²) in [6, 6.07) is 10.1. The van der Waals surface area contributed by atoms with E-state index in [0.717, 1.165) is 54.7 Å². The minimum absolute atomic E-state index is 0.835. The molecule has 1 saturated heterocycles. The van der Waals surface area contributed by atoms with Gasteiger partial charge in [-0.3, -0.25) is 0 Å². The van der Waals surface area contributed by atoms with Gasteiger partial charge in [-0.1, -0.05) is 6.07 Å². The molecule has 0 N–H and O–H groups in total. The number of pyridine rings is 1. The molecule has 0 aromatic carbocycles. The molecule has 27 heavy (non-hydrogen) atoms. The maximum absolute atomic E-state index is 4.77. The molecule has 1 fully saturated rings. The molecule has 0 radical (unpaired) electrons. The van der Waals surface area contributed by atoms with E-state index in [0.29, 0.717) is 0 Å². The van der Waals surface area contributed by atoms with Crippen LogP contribution < -0.4 is 9.80 Å². The Labute approximate surface area is 156 Å². The van der Waals surface area contributed by atoms with E-state index in [1.54, 1.807) is 17.2 Å². The summed E-state index contributed by atoms with van der Waals surface area (Å²) in [5.41, 5.74) is 0.969. The molecular weight excluding hydrogens is 340 g/mol. The number of piperazine rings is 1. The second-order valence-corrected chi connectivity index (χ2v) is 6.64. The molecule has 5 heterocycles. The van der Waals surface area contributed by atoms with E-state index in [9.17, 15) is 0 Å². The fourth-order valence-corrected chi connectivity index (χ4v) is 3.58. The Hall–Kier alpha value is -3.42. The van der Waals surface area contributed by atoms with Gasteiger partial charge in [0.1, 0.15) is 23.6 Å². The first-order valence-corrected chi connectivity index (χ1v) is 9.02. The first kappa shape index (κ1) is 15.8. The highest BCUT2D eigenvalue weighted by Crippen LogP contribution is 2.25. The summed E-state index contributed by atoms with van der Waals surface area (Å²) in [5, 5.41) is 5.37. The van der Waals surface area contributed by atoms with E-state index in [4.69, 9.17) is 4.98 Å². The zero-order chi connectivity index (χ0) is 18.2. The lowest BCUT2D eigenvalue weighted by Gasteiger charge is -2.36. The van der Waals surface area contributed by atoms with Crippen LogP contribution in [0, 0.1) is 0 Å². The smallest absolute Gasteiger partial charge is 0.155 e. The molecule has 0 spiro atoms. The van der Waals surface area contributed by atoms with Gasteiger partial charge in [0.05, 0.1) is 5.39 Å². The molecule has 0 saturated carbocycles. The minimum atomic E-state index is 0.835. The van der Waals surface area contributed by atoms with Crippen molar-refractivity contribution in [3.8, 4) is 5.82 Å². The second-order valence-electron chi connectivity index (χ2n) is 6.64. The fraction of sp³-hybridized carbons (Fsp3) is 0.263. The van der Waals surface area contributed by atoms with Crippen LogP contribution in [0.15, 0.2) is 55.2 Å². The van der Waals surface area contributed by atoms with Crippen molar-refractivity contribution in [2.45, 2.75) is 0 Å². The molecule has 0 unspecified atom stereocenters. The van der Waals surface area contributed by atoms with Gasteiger partial charge in [-0.25, -0.2) is 19.6 Å². The number of nitrogens with zero attached hydrogens (tertiary/aromatic N) is 8. The molecule has 8 heteroatoms. The molecular formula is C19H20N8. The van der Waals surface area contributed by atoms with Crippen molar-refractivity contribution >= 4 is 22.7 Å². The molecule has 0 atom stereocenters. The van der Waals surface area contributed by atoms with Gasteiger partial charge < -0.3 is 14.4 Å². The van der Waals surface area contributed by atoms with E-state index in [-0.39, 0.29) is 0 Å². The van der Waals surface area contributed by atoms with Gasteiger partial charge in [-0.2, -0.15) is 5.10 Å². The third-order valence-electron chi connectivity index (χ3n) is 5.00. The number of hydrogen-bond acceptors (Lipinski definition) is 6. The number of aromatic nitrogens is 6. The molecule has 0 amide bonds. The van der Waals surface area contributed by atoms with Crippen molar-refractivity contribution in [1.29, 1.82) is 0 Å². The Bertz CT molecular complexity index is 1060. The Morgan fingerprint density at radius 3 is 2.48 bits per heavy atom. The highest BCUT2D eigenvalue weighted by atomic mass is 15.3. The first-order valence-electron chi connectivity index (χ1n) is 9.02. The lowest BCUT2D eigenvalue weighted by Crippen LogP contribution is -2.47. The van der Waals surface area contributed by atoms with Crippen molar-refractivity contribution in [2.75, 3.05) is 36.0 Å². The van der Waals surface area contributed by atoms with Gasteiger partial charge >= 0.3 is 0 Å². The largest absolute Gasteiger partial charge is 0.353 e. The maximum atomic E-state index is 4.77. The van der Waals surface area contributed by atoms with E-state index >= 15 is 0 Å². The average Bonchev–Trinajstić information content (AvgIpc) is 3.39. The van der Waals surface area contributed by atoms with Crippen molar-refractivity contribution in [3.63, 3.8) is 0 Å². The van der Waals surface area contributed by atoms with Crippen molar-refractivity contribution in [2.24, 2.45) is 7.05 Å². The SMILES string of the molecule is Cn1ccc2c(N3CCN(c4cccc(-n5cccn5)n4)CC3)ncnc21. The molecule has 4 aromatic heterocycles. The lowest BCUT2D eigenvalue weighted by atomic mass is 10.2. The normalized spacial score (nSPS) is 14.9. The molecule has 8 nitrogen and oxygen atoms in total. The summed E-state index contributed by atoms with van der Waals surface area (Å²) in [4.78, 5) is 18.3. The zero-order valence-corrected chi connectivity index (χ0v) is 15.1. The predicted molar refractivity (Wildman–Crippen MR) is 104 cm³/mol. The Morgan fingerprint density at radius 1 is 0.852 bits per heavy atom. The summed E-state index contributed by atoms with van der Waals surface area (Å²) in [6.07, 6.45) is 7.35. The molecule has 1 aliphatic rings. The van der Waals surface area contributed by atoms with Crippen LogP contribution in [0.4, 0.5) is 11.6 Å². The van der Waals surface area contributed by atoms with Crippen LogP contribution in [0.1, 0.15) is 0 Å². The van der Waals surface area contributed by atoms with Crippen LogP contribution in [0.3, 0.4) is 0 Å². The van der Waals surface area contributed by atoms with Gasteiger partial charge in [0.25, 0.3) is 0 Å². The summed E-state index contributed by atoms with van der Waals surface area (Å²) in [5.74, 6) is 2.83. The highest BCUT2D eigenvalue weighted by molar-refractivity contribution is 5.87. The number of hydrogen-bond donors (Lipinski definition) is 0. The number of aryl methyl sites for hydroxylation is 1. The standard InChI is InChI=1S/C19H20N8/c1-24-9-6-15-18(24)20-14-21-19(15)26-12-10-25(11-13-26)16-4-2-5-17(23-16)27-8-3-7-22-27/h2-9,14H,10-13H2,1H3. The topological polar surface area (TPSA) is 67.9 Å². The molecule has 0 aliphatic carbocycles. The van der Waals surface area contributed by atoms with Crippen LogP contribution >= 0.6 is 0 Å². The third kappa shape index (κ3) is 2.79. The number of rotatable bonds is 3. The lowest BCUT2D eigenvalue weighted by molar-refractivity contribution is 0.641. The van der Waals surface area contributed by atoms with Gasteiger partial charge in [-0.15, -0.1) is 0 Å². The summed E-state index contributed by atoms with van der Waals surface area (Å²) < 4.78 is 3.81. The summed E-state index contributed by atoms with van der Waals surface area (Å²) >= 11 is 0. The number of fused-ring (bicyclic) bond motifs is 1. The van der Waals surface area contributed by atoms with Crippen molar-refractivity contribution in [3.05, 3.63) is 55.2 Å². The summed E-state index contributed by atoms with van der Waals surface area (Å²) in [6.45, 7) is 3.59. The van der Waals surface area contributed by atoms with E-state index in [1.165, 1.54) is 0 Å². The van der Waals surface area contributed by atoms with E-state index in [1.807, 2.05) is 42.2 Å². The monoisotopic (exact) mass is 360 g/mol. The van der Waals surface area contributed by atoms with E-state index in [2.05, 4.69) is 37.0 Å². The Balaban J connectivity index is 1.35. The van der Waals surface area contributed by atoms with Gasteiger partial charge in [0.15, 0.2) is 5.82 Å². The van der Waals surface area contributed by atoms with Crippen LogP contribution in [-0.2, 0) is 7.05 Å². The van der Waals surface area contributed by atoms with Crippen molar-refractivity contribution in [1.82, 2.24) is 29.3 Å². The molecule has 0 bridgehead atoms.